The number of rotatable bonds is 8. The van der Waals surface area contributed by atoms with Crippen LogP contribution in [0.15, 0.2) is 40.9 Å². The van der Waals surface area contributed by atoms with E-state index in [4.69, 9.17) is 39.5 Å². The van der Waals surface area contributed by atoms with Crippen LogP contribution in [0.5, 0.6) is 5.75 Å². The van der Waals surface area contributed by atoms with Crippen molar-refractivity contribution < 1.29 is 14.3 Å². The predicted octanol–water partition coefficient (Wildman–Crippen LogP) is 5.34. The van der Waals surface area contributed by atoms with Gasteiger partial charge in [-0.25, -0.2) is 0 Å². The molecule has 0 spiro atoms. The van der Waals surface area contributed by atoms with Crippen LogP contribution >= 0.6 is 50.7 Å². The van der Waals surface area contributed by atoms with E-state index in [1.807, 2.05) is 6.92 Å². The standard InChI is InChI=1S/C20H20BrCl3N2O3/c1-3-25-20(28)12(2)26(10-13-4-5-15(23)9-17(13)24)19(27)11-29-18-7-6-14(22)8-16(18)21/h4-9,12H,3,10-11H2,1-2H3,(H,25,28). The molecule has 2 aromatic rings. The summed E-state index contributed by atoms with van der Waals surface area (Å²) in [7, 11) is 0. The van der Waals surface area contributed by atoms with Gasteiger partial charge in [-0.1, -0.05) is 40.9 Å². The van der Waals surface area contributed by atoms with Gasteiger partial charge in [-0.15, -0.1) is 0 Å². The van der Waals surface area contributed by atoms with E-state index in [-0.39, 0.29) is 25.0 Å². The Morgan fingerprint density at radius 3 is 2.41 bits per heavy atom. The fraction of sp³-hybridized carbons (Fsp3) is 0.300. The SMILES string of the molecule is CCNC(=O)C(C)N(Cc1ccc(Cl)cc1Cl)C(=O)COc1ccc(Cl)cc1Br. The summed E-state index contributed by atoms with van der Waals surface area (Å²) in [5.41, 5.74) is 0.674. The Labute approximate surface area is 193 Å². The maximum absolute atomic E-state index is 12.9. The lowest BCUT2D eigenvalue weighted by Crippen LogP contribution is -2.49. The Bertz CT molecular complexity index is 895. The second-order valence-electron chi connectivity index (χ2n) is 6.19. The summed E-state index contributed by atoms with van der Waals surface area (Å²) in [5, 5.41) is 4.18. The average molecular weight is 523 g/mol. The second kappa shape index (κ2) is 11.1. The smallest absolute Gasteiger partial charge is 0.261 e. The zero-order valence-corrected chi connectivity index (χ0v) is 19.7. The molecule has 0 fully saturated rings. The third kappa shape index (κ3) is 6.78. The Morgan fingerprint density at radius 2 is 1.79 bits per heavy atom. The Morgan fingerprint density at radius 1 is 1.14 bits per heavy atom. The lowest BCUT2D eigenvalue weighted by atomic mass is 10.1. The van der Waals surface area contributed by atoms with Crippen molar-refractivity contribution in [2.45, 2.75) is 26.4 Å². The molecule has 2 amide bonds. The molecular formula is C20H20BrCl3N2O3. The number of benzene rings is 2. The minimum atomic E-state index is -0.716. The van der Waals surface area contributed by atoms with Gasteiger partial charge in [0.15, 0.2) is 6.61 Å². The summed E-state index contributed by atoms with van der Waals surface area (Å²) < 4.78 is 6.26. The number of carbonyl (C=O) groups excluding carboxylic acids is 2. The number of hydrogen-bond acceptors (Lipinski definition) is 3. The fourth-order valence-electron chi connectivity index (χ4n) is 2.55. The normalized spacial score (nSPS) is 11.7. The minimum Gasteiger partial charge on any atom is -0.483 e. The monoisotopic (exact) mass is 520 g/mol. The Balaban J connectivity index is 2.20. The molecule has 2 aromatic carbocycles. The van der Waals surface area contributed by atoms with Crippen molar-refractivity contribution in [2.75, 3.05) is 13.2 Å². The molecule has 1 unspecified atom stereocenters. The number of amides is 2. The molecule has 0 saturated carbocycles. The summed E-state index contributed by atoms with van der Waals surface area (Å²) in [6.07, 6.45) is 0. The molecule has 0 radical (unpaired) electrons. The van der Waals surface area contributed by atoms with Gasteiger partial charge in [-0.2, -0.15) is 0 Å². The molecule has 2 rings (SSSR count). The molecule has 0 aliphatic heterocycles. The first-order valence-corrected chi connectivity index (χ1v) is 10.7. The first-order valence-electron chi connectivity index (χ1n) is 8.81. The highest BCUT2D eigenvalue weighted by molar-refractivity contribution is 9.10. The largest absolute Gasteiger partial charge is 0.483 e. The van der Waals surface area contributed by atoms with Gasteiger partial charge in [0, 0.05) is 28.2 Å². The fourth-order valence-corrected chi connectivity index (χ4v) is 3.82. The highest BCUT2D eigenvalue weighted by atomic mass is 79.9. The zero-order chi connectivity index (χ0) is 21.6. The third-order valence-electron chi connectivity index (χ3n) is 4.12. The molecule has 9 heteroatoms. The molecule has 0 bridgehead atoms. The van der Waals surface area contributed by atoms with E-state index in [1.165, 1.54) is 4.90 Å². The molecule has 0 aromatic heterocycles. The van der Waals surface area contributed by atoms with Crippen molar-refractivity contribution in [1.82, 2.24) is 10.2 Å². The molecule has 29 heavy (non-hydrogen) atoms. The Kier molecular flexibility index (Phi) is 9.08. The minimum absolute atomic E-state index is 0.137. The van der Waals surface area contributed by atoms with Crippen LogP contribution in [0.4, 0.5) is 0 Å². The summed E-state index contributed by atoms with van der Waals surface area (Å²) in [5.74, 6) is -0.159. The maximum atomic E-state index is 12.9. The van der Waals surface area contributed by atoms with Gasteiger partial charge in [-0.3, -0.25) is 9.59 Å². The summed E-state index contributed by atoms with van der Waals surface area (Å²) in [6.45, 7) is 3.81. The van der Waals surface area contributed by atoms with Crippen molar-refractivity contribution in [2.24, 2.45) is 0 Å². The van der Waals surface area contributed by atoms with Crippen LogP contribution in [-0.4, -0.2) is 35.9 Å². The number of hydrogen-bond donors (Lipinski definition) is 1. The van der Waals surface area contributed by atoms with Crippen LogP contribution in [0, 0.1) is 0 Å². The zero-order valence-electron chi connectivity index (χ0n) is 15.8. The molecule has 5 nitrogen and oxygen atoms in total. The van der Waals surface area contributed by atoms with Gasteiger partial charge in [0.1, 0.15) is 11.8 Å². The highest BCUT2D eigenvalue weighted by Gasteiger charge is 2.27. The van der Waals surface area contributed by atoms with Gasteiger partial charge in [0.2, 0.25) is 5.91 Å². The molecule has 0 heterocycles. The van der Waals surface area contributed by atoms with Gasteiger partial charge in [-0.05, 0) is 65.7 Å². The van der Waals surface area contributed by atoms with Crippen molar-refractivity contribution in [3.05, 3.63) is 61.5 Å². The number of nitrogens with one attached hydrogen (secondary N) is 1. The number of halogens is 4. The summed E-state index contributed by atoms with van der Waals surface area (Å²) >= 11 is 21.5. The van der Waals surface area contributed by atoms with Crippen LogP contribution in [-0.2, 0) is 16.1 Å². The Hall–Kier alpha value is -1.47. The first kappa shape index (κ1) is 23.8. The van der Waals surface area contributed by atoms with Gasteiger partial charge >= 0.3 is 0 Å². The van der Waals surface area contributed by atoms with E-state index in [2.05, 4.69) is 21.2 Å². The molecule has 156 valence electrons. The predicted molar refractivity (Wildman–Crippen MR) is 120 cm³/mol. The number of carbonyl (C=O) groups is 2. The molecular weight excluding hydrogens is 502 g/mol. The van der Waals surface area contributed by atoms with Crippen LogP contribution in [0.25, 0.3) is 0 Å². The van der Waals surface area contributed by atoms with Crippen molar-refractivity contribution in [1.29, 1.82) is 0 Å². The van der Waals surface area contributed by atoms with E-state index < -0.39 is 6.04 Å². The quantitative estimate of drug-likeness (QED) is 0.509. The van der Waals surface area contributed by atoms with Gasteiger partial charge in [0.05, 0.1) is 4.47 Å². The van der Waals surface area contributed by atoms with E-state index in [0.29, 0.717) is 37.4 Å². The average Bonchev–Trinajstić information content (AvgIpc) is 2.66. The number of likely N-dealkylation sites (N-methyl/N-ethyl adjacent to an activating group) is 1. The first-order chi connectivity index (χ1) is 13.7. The van der Waals surface area contributed by atoms with Crippen molar-refractivity contribution in [3.8, 4) is 5.75 Å². The lowest BCUT2D eigenvalue weighted by Gasteiger charge is -2.29. The van der Waals surface area contributed by atoms with Crippen LogP contribution in [0.2, 0.25) is 15.1 Å². The van der Waals surface area contributed by atoms with Gasteiger partial charge in [0.25, 0.3) is 5.91 Å². The van der Waals surface area contributed by atoms with Crippen LogP contribution < -0.4 is 10.1 Å². The summed E-state index contributed by atoms with van der Waals surface area (Å²) in [6, 6.07) is 9.28. The highest BCUT2D eigenvalue weighted by Crippen LogP contribution is 2.28. The van der Waals surface area contributed by atoms with E-state index in [0.717, 1.165) is 0 Å². The second-order valence-corrected chi connectivity index (χ2v) is 8.33. The van der Waals surface area contributed by atoms with E-state index in [9.17, 15) is 9.59 Å². The van der Waals surface area contributed by atoms with Crippen molar-refractivity contribution >= 4 is 62.5 Å². The van der Waals surface area contributed by atoms with Crippen LogP contribution in [0.1, 0.15) is 19.4 Å². The number of nitrogens with zero attached hydrogens (tertiary/aromatic N) is 1. The molecule has 0 aliphatic rings. The number of ether oxygens (including phenoxy) is 1. The molecule has 1 N–H and O–H groups in total. The molecule has 1 atom stereocenters. The van der Waals surface area contributed by atoms with Gasteiger partial charge < -0.3 is 15.0 Å². The summed E-state index contributed by atoms with van der Waals surface area (Å²) in [4.78, 5) is 26.7. The van der Waals surface area contributed by atoms with Crippen LogP contribution in [0.3, 0.4) is 0 Å². The molecule has 0 saturated heterocycles. The third-order valence-corrected chi connectivity index (χ3v) is 5.56. The lowest BCUT2D eigenvalue weighted by molar-refractivity contribution is -0.142. The van der Waals surface area contributed by atoms with E-state index >= 15 is 0 Å². The molecule has 0 aliphatic carbocycles. The van der Waals surface area contributed by atoms with Crippen molar-refractivity contribution in [3.63, 3.8) is 0 Å². The topological polar surface area (TPSA) is 58.6 Å². The maximum Gasteiger partial charge on any atom is 0.261 e. The van der Waals surface area contributed by atoms with E-state index in [1.54, 1.807) is 43.3 Å².